The third-order valence-corrected chi connectivity index (χ3v) is 5.07. The molecule has 0 fully saturated rings. The quantitative estimate of drug-likeness (QED) is 0.467. The predicted molar refractivity (Wildman–Crippen MR) is 96.7 cm³/mol. The number of nitrogens with one attached hydrogen (secondary N) is 1. The number of anilines is 1. The summed E-state index contributed by atoms with van der Waals surface area (Å²) in [7, 11) is 0. The molecule has 0 saturated carbocycles. The lowest BCUT2D eigenvalue weighted by atomic mass is 10.1. The second-order valence-corrected chi connectivity index (χ2v) is 6.94. The molecule has 0 aliphatic rings. The van der Waals surface area contributed by atoms with Gasteiger partial charge in [0, 0.05) is 4.88 Å². The highest BCUT2D eigenvalue weighted by molar-refractivity contribution is 7.16. The molecule has 1 atom stereocenters. The molecule has 0 radical (unpaired) electrons. The van der Waals surface area contributed by atoms with Crippen molar-refractivity contribution in [2.24, 2.45) is 0 Å². The van der Waals surface area contributed by atoms with Gasteiger partial charge in [0.05, 0.1) is 29.0 Å². The molecule has 9 nitrogen and oxygen atoms in total. The van der Waals surface area contributed by atoms with Crippen LogP contribution in [0.5, 0.6) is 0 Å². The van der Waals surface area contributed by atoms with Gasteiger partial charge in [-0.25, -0.2) is 4.79 Å². The minimum absolute atomic E-state index is 0.229. The molecule has 140 valence electrons. The van der Waals surface area contributed by atoms with Crippen LogP contribution in [0.25, 0.3) is 0 Å². The zero-order chi connectivity index (χ0) is 19.6. The maximum Gasteiger partial charge on any atom is 0.390 e. The third-order valence-electron chi connectivity index (χ3n) is 3.94. The highest BCUT2D eigenvalue weighted by Gasteiger charge is 2.27. The van der Waals surface area contributed by atoms with Gasteiger partial charge in [-0.15, -0.1) is 11.3 Å². The van der Waals surface area contributed by atoms with E-state index in [2.05, 4.69) is 10.4 Å². The van der Waals surface area contributed by atoms with Crippen LogP contribution < -0.4 is 5.32 Å². The first-order chi connectivity index (χ1) is 12.2. The summed E-state index contributed by atoms with van der Waals surface area (Å²) in [5.74, 6) is -1.25. The van der Waals surface area contributed by atoms with Crippen LogP contribution in [-0.2, 0) is 9.53 Å². The molecule has 0 saturated heterocycles. The number of esters is 1. The van der Waals surface area contributed by atoms with Gasteiger partial charge in [0.1, 0.15) is 11.0 Å². The first-order valence-electron chi connectivity index (χ1n) is 7.95. The Kier molecular flexibility index (Phi) is 5.76. The van der Waals surface area contributed by atoms with Crippen molar-refractivity contribution in [3.05, 3.63) is 37.9 Å². The average Bonchev–Trinajstić information content (AvgIpc) is 3.08. The summed E-state index contributed by atoms with van der Waals surface area (Å²) in [6.07, 6.45) is 0. The fraction of sp³-hybridized carbons (Fsp3) is 0.438. The number of nitrogens with zero attached hydrogens (tertiary/aromatic N) is 3. The van der Waals surface area contributed by atoms with E-state index in [1.165, 1.54) is 22.1 Å². The molecule has 2 heterocycles. The molecular weight excluding hydrogens is 360 g/mol. The molecular formula is C16H20N4O5S. The van der Waals surface area contributed by atoms with Crippen molar-refractivity contribution in [2.45, 2.75) is 40.7 Å². The fourth-order valence-corrected chi connectivity index (χ4v) is 3.50. The number of amides is 1. The molecule has 1 amide bonds. The standard InChI is InChI=1S/C16H20N4O5S/c1-6-25-16(22)13-9(3)11(5)26-15(13)17-14(21)10(4)19-8(2)7-12(18-19)20(23)24/h7,10H,6H2,1-5H3,(H,17,21). The summed E-state index contributed by atoms with van der Waals surface area (Å²) in [4.78, 5) is 35.9. The molecule has 10 heteroatoms. The third kappa shape index (κ3) is 3.74. The number of thiophene rings is 1. The van der Waals surface area contributed by atoms with Gasteiger partial charge in [0.2, 0.25) is 0 Å². The van der Waals surface area contributed by atoms with Crippen molar-refractivity contribution in [3.63, 3.8) is 0 Å². The van der Waals surface area contributed by atoms with Crippen LogP contribution in [0.1, 0.15) is 46.4 Å². The van der Waals surface area contributed by atoms with Crippen molar-refractivity contribution in [3.8, 4) is 0 Å². The number of nitro groups is 1. The lowest BCUT2D eigenvalue weighted by Crippen LogP contribution is -2.25. The van der Waals surface area contributed by atoms with Gasteiger partial charge in [-0.3, -0.25) is 4.79 Å². The first kappa shape index (κ1) is 19.6. The predicted octanol–water partition coefficient (Wildman–Crippen LogP) is 3.15. The van der Waals surface area contributed by atoms with Crippen LogP contribution in [0.4, 0.5) is 10.8 Å². The minimum Gasteiger partial charge on any atom is -0.462 e. The Labute approximate surface area is 154 Å². The molecule has 2 rings (SSSR count). The molecule has 0 bridgehead atoms. The Morgan fingerprint density at radius 1 is 1.42 bits per heavy atom. The van der Waals surface area contributed by atoms with Crippen LogP contribution >= 0.6 is 11.3 Å². The van der Waals surface area contributed by atoms with E-state index in [0.717, 1.165) is 10.4 Å². The molecule has 1 N–H and O–H groups in total. The minimum atomic E-state index is -0.790. The maximum absolute atomic E-state index is 12.6. The highest BCUT2D eigenvalue weighted by Crippen LogP contribution is 2.33. The van der Waals surface area contributed by atoms with Gasteiger partial charge >= 0.3 is 11.8 Å². The Hall–Kier alpha value is -2.75. The summed E-state index contributed by atoms with van der Waals surface area (Å²) >= 11 is 1.28. The maximum atomic E-state index is 12.6. The van der Waals surface area contributed by atoms with Gasteiger partial charge in [0.15, 0.2) is 0 Å². The smallest absolute Gasteiger partial charge is 0.390 e. The summed E-state index contributed by atoms with van der Waals surface area (Å²) in [6, 6.07) is 0.509. The molecule has 0 spiro atoms. The van der Waals surface area contributed by atoms with Crippen LogP contribution in [0.3, 0.4) is 0 Å². The number of rotatable bonds is 6. The topological polar surface area (TPSA) is 116 Å². The summed E-state index contributed by atoms with van der Waals surface area (Å²) in [6.45, 7) is 8.79. The number of hydrogen-bond acceptors (Lipinski definition) is 7. The van der Waals surface area contributed by atoms with Gasteiger partial charge < -0.3 is 20.2 Å². The Balaban J connectivity index is 2.29. The average molecular weight is 380 g/mol. The van der Waals surface area contributed by atoms with Crippen molar-refractivity contribution in [2.75, 3.05) is 11.9 Å². The Morgan fingerprint density at radius 2 is 2.08 bits per heavy atom. The molecule has 1 unspecified atom stereocenters. The normalized spacial score (nSPS) is 11.9. The van der Waals surface area contributed by atoms with E-state index >= 15 is 0 Å². The van der Waals surface area contributed by atoms with Crippen molar-refractivity contribution in [1.82, 2.24) is 9.78 Å². The molecule has 0 aromatic carbocycles. The number of carbonyl (C=O) groups excluding carboxylic acids is 2. The van der Waals surface area contributed by atoms with Gasteiger partial charge in [-0.2, -0.15) is 4.68 Å². The number of aryl methyl sites for hydroxylation is 2. The van der Waals surface area contributed by atoms with Crippen LogP contribution in [0, 0.1) is 30.9 Å². The number of ether oxygens (including phenoxy) is 1. The van der Waals surface area contributed by atoms with Gasteiger partial charge in [0.25, 0.3) is 5.91 Å². The lowest BCUT2D eigenvalue weighted by molar-refractivity contribution is -0.389. The first-order valence-corrected chi connectivity index (χ1v) is 8.77. The van der Waals surface area contributed by atoms with Crippen molar-refractivity contribution in [1.29, 1.82) is 0 Å². The van der Waals surface area contributed by atoms with Gasteiger partial charge in [-0.1, -0.05) is 0 Å². The SMILES string of the molecule is CCOC(=O)c1c(NC(=O)C(C)n2nc([N+](=O)[O-])cc2C)sc(C)c1C. The largest absolute Gasteiger partial charge is 0.462 e. The Bertz CT molecular complexity index is 870. The van der Waals surface area contributed by atoms with Crippen molar-refractivity contribution >= 4 is 34.0 Å². The fourth-order valence-electron chi connectivity index (χ4n) is 2.44. The zero-order valence-corrected chi connectivity index (χ0v) is 16.0. The lowest BCUT2D eigenvalue weighted by Gasteiger charge is -2.12. The molecule has 26 heavy (non-hydrogen) atoms. The summed E-state index contributed by atoms with van der Waals surface area (Å²) in [5, 5.41) is 17.8. The molecule has 0 aliphatic carbocycles. The van der Waals surface area contributed by atoms with E-state index in [1.54, 1.807) is 27.7 Å². The number of hydrogen-bond donors (Lipinski definition) is 1. The van der Waals surface area contributed by atoms with E-state index in [1.807, 2.05) is 6.92 Å². The summed E-state index contributed by atoms with van der Waals surface area (Å²) in [5.41, 5.74) is 1.57. The van der Waals surface area contributed by atoms with Crippen LogP contribution in [0.15, 0.2) is 6.07 Å². The molecule has 2 aromatic heterocycles. The second kappa shape index (κ2) is 7.65. The number of carbonyl (C=O) groups is 2. The second-order valence-electron chi connectivity index (χ2n) is 5.72. The van der Waals surface area contributed by atoms with E-state index in [9.17, 15) is 19.7 Å². The van der Waals surface area contributed by atoms with E-state index < -0.39 is 22.8 Å². The zero-order valence-electron chi connectivity index (χ0n) is 15.2. The number of aromatic nitrogens is 2. The highest BCUT2D eigenvalue weighted by atomic mass is 32.1. The van der Waals surface area contributed by atoms with Gasteiger partial charge in [-0.05, 0) is 45.1 Å². The Morgan fingerprint density at radius 3 is 2.62 bits per heavy atom. The van der Waals surface area contributed by atoms with E-state index in [4.69, 9.17) is 4.74 Å². The summed E-state index contributed by atoms with van der Waals surface area (Å²) < 4.78 is 6.34. The van der Waals surface area contributed by atoms with E-state index in [-0.39, 0.29) is 12.4 Å². The molecule has 0 aliphatic heterocycles. The van der Waals surface area contributed by atoms with Crippen LogP contribution in [0.2, 0.25) is 0 Å². The van der Waals surface area contributed by atoms with Crippen molar-refractivity contribution < 1.29 is 19.2 Å². The monoisotopic (exact) mass is 380 g/mol. The molecule has 2 aromatic rings. The van der Waals surface area contributed by atoms with Crippen LogP contribution in [-0.4, -0.2) is 33.2 Å². The van der Waals surface area contributed by atoms with E-state index in [0.29, 0.717) is 16.3 Å².